The number of thiophene rings is 1. The normalized spacial score (nSPS) is 14.6. The van der Waals surface area contributed by atoms with Gasteiger partial charge in [0.1, 0.15) is 0 Å². The van der Waals surface area contributed by atoms with Crippen LogP contribution in [0.4, 0.5) is 0 Å². The van der Waals surface area contributed by atoms with Gasteiger partial charge in [-0.2, -0.15) is 0 Å². The van der Waals surface area contributed by atoms with E-state index in [4.69, 9.17) is 0 Å². The summed E-state index contributed by atoms with van der Waals surface area (Å²) in [5.41, 5.74) is 0. The van der Waals surface area contributed by atoms with Crippen molar-refractivity contribution < 1.29 is 4.79 Å². The SMILES string of the molecule is CCC(C)C(C)NC(=O)c1cc(Br)c(Br)s1. The van der Waals surface area contributed by atoms with Crippen molar-refractivity contribution in [1.82, 2.24) is 5.32 Å². The van der Waals surface area contributed by atoms with Crippen LogP contribution in [0.25, 0.3) is 0 Å². The lowest BCUT2D eigenvalue weighted by atomic mass is 10.0. The fourth-order valence-corrected chi connectivity index (χ4v) is 3.17. The predicted molar refractivity (Wildman–Crippen MR) is 76.1 cm³/mol. The van der Waals surface area contributed by atoms with E-state index in [0.29, 0.717) is 5.92 Å². The molecule has 0 bridgehead atoms. The average molecular weight is 369 g/mol. The number of halogens is 2. The highest BCUT2D eigenvalue weighted by molar-refractivity contribution is 9.13. The van der Waals surface area contributed by atoms with Crippen LogP contribution in [0.5, 0.6) is 0 Å². The first-order valence-corrected chi connectivity index (χ1v) is 7.61. The van der Waals surface area contributed by atoms with Crippen LogP contribution in [-0.2, 0) is 0 Å². The molecule has 1 heterocycles. The van der Waals surface area contributed by atoms with Gasteiger partial charge in [0, 0.05) is 10.5 Å². The molecule has 2 unspecified atom stereocenters. The first-order chi connectivity index (χ1) is 7.45. The minimum absolute atomic E-state index is 0.00389. The van der Waals surface area contributed by atoms with Crippen molar-refractivity contribution in [2.75, 3.05) is 0 Å². The van der Waals surface area contributed by atoms with Crippen molar-refractivity contribution in [3.8, 4) is 0 Å². The minimum Gasteiger partial charge on any atom is -0.349 e. The van der Waals surface area contributed by atoms with Crippen LogP contribution in [0.15, 0.2) is 14.3 Å². The maximum Gasteiger partial charge on any atom is 0.261 e. The molecule has 0 saturated carbocycles. The Morgan fingerprint density at radius 3 is 2.56 bits per heavy atom. The number of hydrogen-bond donors (Lipinski definition) is 1. The van der Waals surface area contributed by atoms with E-state index >= 15 is 0 Å². The predicted octanol–water partition coefficient (Wildman–Crippen LogP) is 4.44. The number of rotatable bonds is 4. The Bertz CT molecular complexity index is 359. The zero-order chi connectivity index (χ0) is 12.3. The van der Waals surface area contributed by atoms with Gasteiger partial charge < -0.3 is 5.32 Å². The standard InChI is InChI=1S/C11H15Br2NOS/c1-4-6(2)7(3)14-11(15)9-5-8(12)10(13)16-9/h5-7H,4H2,1-3H3,(H,14,15). The van der Waals surface area contributed by atoms with Gasteiger partial charge in [0.05, 0.1) is 8.66 Å². The molecule has 5 heteroatoms. The second-order valence-corrected chi connectivity index (χ2v) is 7.10. The van der Waals surface area contributed by atoms with Crippen molar-refractivity contribution in [3.63, 3.8) is 0 Å². The third-order valence-corrected chi connectivity index (χ3v) is 5.98. The maximum atomic E-state index is 11.9. The Morgan fingerprint density at radius 2 is 2.12 bits per heavy atom. The van der Waals surface area contributed by atoms with Crippen LogP contribution >= 0.6 is 43.2 Å². The van der Waals surface area contributed by atoms with E-state index in [-0.39, 0.29) is 11.9 Å². The number of nitrogens with one attached hydrogen (secondary N) is 1. The van der Waals surface area contributed by atoms with E-state index in [1.54, 1.807) is 0 Å². The highest BCUT2D eigenvalue weighted by Crippen LogP contribution is 2.32. The highest BCUT2D eigenvalue weighted by Gasteiger charge is 2.16. The molecule has 1 aromatic rings. The fourth-order valence-electron chi connectivity index (χ4n) is 1.23. The lowest BCUT2D eigenvalue weighted by Gasteiger charge is -2.19. The summed E-state index contributed by atoms with van der Waals surface area (Å²) in [6.07, 6.45) is 1.07. The Morgan fingerprint density at radius 1 is 1.50 bits per heavy atom. The van der Waals surface area contributed by atoms with Crippen LogP contribution in [0.3, 0.4) is 0 Å². The second-order valence-electron chi connectivity index (χ2n) is 3.88. The summed E-state index contributed by atoms with van der Waals surface area (Å²) in [6, 6.07) is 2.05. The van der Waals surface area contributed by atoms with E-state index in [0.717, 1.165) is 19.6 Å². The Hall–Kier alpha value is 0.130. The number of hydrogen-bond acceptors (Lipinski definition) is 2. The minimum atomic E-state index is 0.00389. The molecule has 1 N–H and O–H groups in total. The third-order valence-electron chi connectivity index (χ3n) is 2.73. The van der Waals surface area contributed by atoms with Crippen LogP contribution in [-0.4, -0.2) is 11.9 Å². The summed E-state index contributed by atoms with van der Waals surface area (Å²) >= 11 is 8.20. The quantitative estimate of drug-likeness (QED) is 0.836. The van der Waals surface area contributed by atoms with Gasteiger partial charge in [-0.3, -0.25) is 4.79 Å². The molecule has 0 aliphatic heterocycles. The van der Waals surface area contributed by atoms with Gasteiger partial charge in [-0.25, -0.2) is 0 Å². The van der Waals surface area contributed by atoms with Gasteiger partial charge in [0.2, 0.25) is 0 Å². The van der Waals surface area contributed by atoms with E-state index in [9.17, 15) is 4.79 Å². The topological polar surface area (TPSA) is 29.1 Å². The molecule has 1 rings (SSSR count). The van der Waals surface area contributed by atoms with Crippen molar-refractivity contribution >= 4 is 49.1 Å². The average Bonchev–Trinajstić information content (AvgIpc) is 2.58. The molecule has 90 valence electrons. The summed E-state index contributed by atoms with van der Waals surface area (Å²) in [4.78, 5) is 12.6. The van der Waals surface area contributed by atoms with Gasteiger partial charge in [-0.15, -0.1) is 11.3 Å². The smallest absolute Gasteiger partial charge is 0.261 e. The van der Waals surface area contributed by atoms with Crippen molar-refractivity contribution in [1.29, 1.82) is 0 Å². The number of carbonyl (C=O) groups is 1. The van der Waals surface area contributed by atoms with E-state index in [1.165, 1.54) is 11.3 Å². The van der Waals surface area contributed by atoms with Crippen LogP contribution in [0, 0.1) is 5.92 Å². The van der Waals surface area contributed by atoms with E-state index < -0.39 is 0 Å². The van der Waals surface area contributed by atoms with Crippen LogP contribution in [0.2, 0.25) is 0 Å². The summed E-state index contributed by atoms with van der Waals surface area (Å²) in [6.45, 7) is 6.32. The lowest BCUT2D eigenvalue weighted by molar-refractivity contribution is 0.0932. The molecule has 0 aliphatic carbocycles. The highest BCUT2D eigenvalue weighted by atomic mass is 79.9. The monoisotopic (exact) mass is 367 g/mol. The molecule has 1 amide bonds. The molecule has 0 fully saturated rings. The van der Waals surface area contributed by atoms with Crippen LogP contribution < -0.4 is 5.32 Å². The van der Waals surface area contributed by atoms with Crippen LogP contribution in [0.1, 0.15) is 36.9 Å². The molecule has 2 nitrogen and oxygen atoms in total. The molecule has 1 aromatic heterocycles. The number of amides is 1. The summed E-state index contributed by atoms with van der Waals surface area (Å²) in [5, 5.41) is 3.02. The molecule has 0 saturated heterocycles. The second kappa shape index (κ2) is 6.17. The summed E-state index contributed by atoms with van der Waals surface area (Å²) in [5.74, 6) is 0.500. The lowest BCUT2D eigenvalue weighted by Crippen LogP contribution is -2.36. The largest absolute Gasteiger partial charge is 0.349 e. The van der Waals surface area contributed by atoms with Gasteiger partial charge >= 0.3 is 0 Å². The Balaban J connectivity index is 2.65. The van der Waals surface area contributed by atoms with Crippen molar-refractivity contribution in [2.24, 2.45) is 5.92 Å². The third kappa shape index (κ3) is 3.57. The molecule has 2 atom stereocenters. The van der Waals surface area contributed by atoms with Gasteiger partial charge in [-0.1, -0.05) is 20.3 Å². The molecule has 0 aromatic carbocycles. The van der Waals surface area contributed by atoms with E-state index in [2.05, 4.69) is 51.0 Å². The van der Waals surface area contributed by atoms with Crippen molar-refractivity contribution in [3.05, 3.63) is 19.2 Å². The molecule has 16 heavy (non-hydrogen) atoms. The summed E-state index contributed by atoms with van der Waals surface area (Å²) < 4.78 is 1.88. The first kappa shape index (κ1) is 14.2. The molecular formula is C11H15Br2NOS. The van der Waals surface area contributed by atoms with Gasteiger partial charge in [-0.05, 0) is 50.8 Å². The van der Waals surface area contributed by atoms with Gasteiger partial charge in [0.25, 0.3) is 5.91 Å². The van der Waals surface area contributed by atoms with Crippen molar-refractivity contribution in [2.45, 2.75) is 33.2 Å². The molecule has 0 radical (unpaired) electrons. The molecular weight excluding hydrogens is 354 g/mol. The number of carbonyl (C=O) groups excluding carboxylic acids is 1. The molecule has 0 spiro atoms. The fraction of sp³-hybridized carbons (Fsp3) is 0.545. The zero-order valence-corrected chi connectivity index (χ0v) is 13.5. The van der Waals surface area contributed by atoms with E-state index in [1.807, 2.05) is 13.0 Å². The zero-order valence-electron chi connectivity index (χ0n) is 9.51. The summed E-state index contributed by atoms with van der Waals surface area (Å²) in [7, 11) is 0. The Kier molecular flexibility index (Phi) is 5.47. The van der Waals surface area contributed by atoms with Gasteiger partial charge in [0.15, 0.2) is 0 Å². The molecule has 0 aliphatic rings. The first-order valence-electron chi connectivity index (χ1n) is 5.21. The maximum absolute atomic E-state index is 11.9. The Labute approximate surface area is 117 Å².